The van der Waals surface area contributed by atoms with Gasteiger partial charge in [-0.15, -0.1) is 0 Å². The molecule has 0 atom stereocenters. The molecule has 0 aliphatic heterocycles. The van der Waals surface area contributed by atoms with Crippen LogP contribution in [0.15, 0.2) is 46.9 Å². The number of hydrogen-bond donors (Lipinski definition) is 1. The fourth-order valence-electron chi connectivity index (χ4n) is 1.69. The van der Waals surface area contributed by atoms with Crippen molar-refractivity contribution < 1.29 is 9.13 Å². The smallest absolute Gasteiger partial charge is 0.167 e. The molecule has 2 rings (SSSR count). The predicted octanol–water partition coefficient (Wildman–Crippen LogP) is 4.39. The van der Waals surface area contributed by atoms with Crippen molar-refractivity contribution in [2.24, 2.45) is 0 Å². The third-order valence-electron chi connectivity index (χ3n) is 2.67. The predicted molar refractivity (Wildman–Crippen MR) is 79.3 cm³/mol. The van der Waals surface area contributed by atoms with Gasteiger partial charge in [-0.1, -0.05) is 34.1 Å². The summed E-state index contributed by atoms with van der Waals surface area (Å²) in [6, 6.07) is 13.0. The molecule has 0 aliphatic carbocycles. The third kappa shape index (κ3) is 3.96. The number of halogens is 2. The summed E-state index contributed by atoms with van der Waals surface area (Å²) in [5.41, 5.74) is 1.60. The van der Waals surface area contributed by atoms with E-state index in [-0.39, 0.29) is 5.82 Å². The van der Waals surface area contributed by atoms with Crippen LogP contribution in [-0.4, -0.2) is 13.2 Å². The van der Waals surface area contributed by atoms with E-state index in [4.69, 9.17) is 4.74 Å². The van der Waals surface area contributed by atoms with Crippen molar-refractivity contribution in [3.05, 3.63) is 58.3 Å². The molecule has 2 nitrogen and oxygen atoms in total. The Morgan fingerprint density at radius 3 is 2.79 bits per heavy atom. The van der Waals surface area contributed by atoms with Crippen LogP contribution in [0.5, 0.6) is 5.75 Å². The first-order chi connectivity index (χ1) is 9.16. The zero-order valence-corrected chi connectivity index (χ0v) is 12.2. The zero-order valence-electron chi connectivity index (χ0n) is 10.6. The minimum absolute atomic E-state index is 0.287. The van der Waals surface area contributed by atoms with Crippen LogP contribution in [0, 0.1) is 12.7 Å². The molecule has 19 heavy (non-hydrogen) atoms. The fraction of sp³-hybridized carbons (Fsp3) is 0.200. The average Bonchev–Trinajstić information content (AvgIpc) is 2.39. The Kier molecular flexibility index (Phi) is 4.80. The molecule has 0 fully saturated rings. The van der Waals surface area contributed by atoms with Crippen LogP contribution in [0.25, 0.3) is 0 Å². The van der Waals surface area contributed by atoms with Crippen LogP contribution < -0.4 is 10.1 Å². The highest BCUT2D eigenvalue weighted by molar-refractivity contribution is 9.10. The van der Waals surface area contributed by atoms with E-state index >= 15 is 0 Å². The van der Waals surface area contributed by atoms with Gasteiger partial charge in [0.05, 0.1) is 0 Å². The maximum Gasteiger partial charge on any atom is 0.167 e. The summed E-state index contributed by atoms with van der Waals surface area (Å²) in [5.74, 6) is 0.0148. The van der Waals surface area contributed by atoms with Gasteiger partial charge in [0, 0.05) is 16.7 Å². The quantitative estimate of drug-likeness (QED) is 0.824. The van der Waals surface area contributed by atoms with Gasteiger partial charge in [-0.25, -0.2) is 4.39 Å². The lowest BCUT2D eigenvalue weighted by Gasteiger charge is -2.10. The first-order valence-electron chi connectivity index (χ1n) is 6.04. The second-order valence-electron chi connectivity index (χ2n) is 4.17. The van der Waals surface area contributed by atoms with Crippen molar-refractivity contribution >= 4 is 21.6 Å². The third-order valence-corrected chi connectivity index (χ3v) is 3.16. The maximum atomic E-state index is 13.7. The lowest BCUT2D eigenvalue weighted by Crippen LogP contribution is -2.12. The molecule has 2 aromatic rings. The van der Waals surface area contributed by atoms with Crippen molar-refractivity contribution in [1.82, 2.24) is 0 Å². The number of rotatable bonds is 5. The largest absolute Gasteiger partial charge is 0.489 e. The summed E-state index contributed by atoms with van der Waals surface area (Å²) in [6.07, 6.45) is 0. The molecule has 0 heterocycles. The minimum atomic E-state index is -0.287. The Bertz CT molecular complexity index is 560. The number of hydrogen-bond acceptors (Lipinski definition) is 2. The van der Waals surface area contributed by atoms with E-state index in [2.05, 4.69) is 21.2 Å². The van der Waals surface area contributed by atoms with Crippen molar-refractivity contribution in [1.29, 1.82) is 0 Å². The number of aryl methyl sites for hydroxylation is 1. The van der Waals surface area contributed by atoms with Crippen LogP contribution in [0.3, 0.4) is 0 Å². The zero-order chi connectivity index (χ0) is 13.7. The summed E-state index contributed by atoms with van der Waals surface area (Å²) >= 11 is 3.40. The highest BCUT2D eigenvalue weighted by atomic mass is 79.9. The minimum Gasteiger partial charge on any atom is -0.489 e. The molecule has 2 aromatic carbocycles. The number of nitrogens with one attached hydrogen (secondary N) is 1. The van der Waals surface area contributed by atoms with Crippen molar-refractivity contribution in [2.45, 2.75) is 6.92 Å². The Hall–Kier alpha value is -1.55. The molecular weight excluding hydrogens is 309 g/mol. The van der Waals surface area contributed by atoms with Gasteiger partial charge in [0.1, 0.15) is 6.61 Å². The molecular formula is C15H15BrFNO. The van der Waals surface area contributed by atoms with E-state index in [1.165, 1.54) is 0 Å². The number of ether oxygens (including phenoxy) is 1. The monoisotopic (exact) mass is 323 g/mol. The van der Waals surface area contributed by atoms with E-state index in [1.807, 2.05) is 24.3 Å². The van der Waals surface area contributed by atoms with Crippen LogP contribution in [0.2, 0.25) is 0 Å². The van der Waals surface area contributed by atoms with Gasteiger partial charge in [-0.05, 0) is 36.8 Å². The Morgan fingerprint density at radius 1 is 1.21 bits per heavy atom. The Labute approximate surface area is 120 Å². The Balaban J connectivity index is 1.82. The van der Waals surface area contributed by atoms with E-state index in [0.29, 0.717) is 24.5 Å². The fourth-order valence-corrected chi connectivity index (χ4v) is 2.09. The highest BCUT2D eigenvalue weighted by Gasteiger charge is 2.04. The van der Waals surface area contributed by atoms with Gasteiger partial charge >= 0.3 is 0 Å². The van der Waals surface area contributed by atoms with Crippen LogP contribution in [-0.2, 0) is 0 Å². The first kappa shape index (κ1) is 13.9. The summed E-state index contributed by atoms with van der Waals surface area (Å²) < 4.78 is 20.1. The van der Waals surface area contributed by atoms with Crippen LogP contribution >= 0.6 is 15.9 Å². The summed E-state index contributed by atoms with van der Waals surface area (Å²) in [4.78, 5) is 0. The lowest BCUT2D eigenvalue weighted by atomic mass is 10.2. The van der Waals surface area contributed by atoms with Gasteiger partial charge < -0.3 is 10.1 Å². The molecule has 4 heteroatoms. The van der Waals surface area contributed by atoms with Crippen LogP contribution in [0.4, 0.5) is 10.1 Å². The van der Waals surface area contributed by atoms with Crippen molar-refractivity contribution in [3.63, 3.8) is 0 Å². The van der Waals surface area contributed by atoms with E-state index in [9.17, 15) is 4.39 Å². The molecule has 0 saturated carbocycles. The van der Waals surface area contributed by atoms with Crippen molar-refractivity contribution in [3.8, 4) is 5.75 Å². The Morgan fingerprint density at radius 2 is 2.00 bits per heavy atom. The maximum absolute atomic E-state index is 13.7. The second kappa shape index (κ2) is 6.57. The molecule has 0 spiro atoms. The average molecular weight is 324 g/mol. The molecule has 0 aromatic heterocycles. The van der Waals surface area contributed by atoms with Gasteiger partial charge in [-0.3, -0.25) is 0 Å². The summed E-state index contributed by atoms with van der Waals surface area (Å²) in [6.45, 7) is 2.75. The molecule has 0 amide bonds. The van der Waals surface area contributed by atoms with Gasteiger partial charge in [0.15, 0.2) is 11.6 Å². The van der Waals surface area contributed by atoms with E-state index in [1.54, 1.807) is 25.1 Å². The number of anilines is 1. The highest BCUT2D eigenvalue weighted by Crippen LogP contribution is 2.19. The van der Waals surface area contributed by atoms with Gasteiger partial charge in [-0.2, -0.15) is 0 Å². The molecule has 1 N–H and O–H groups in total. The summed E-state index contributed by atoms with van der Waals surface area (Å²) in [7, 11) is 0. The summed E-state index contributed by atoms with van der Waals surface area (Å²) in [5, 5.41) is 3.21. The van der Waals surface area contributed by atoms with E-state index < -0.39 is 0 Å². The molecule has 0 aliphatic rings. The molecule has 0 unspecified atom stereocenters. The molecule has 0 bridgehead atoms. The van der Waals surface area contributed by atoms with Gasteiger partial charge in [0.25, 0.3) is 0 Å². The topological polar surface area (TPSA) is 21.3 Å². The van der Waals surface area contributed by atoms with Crippen LogP contribution in [0.1, 0.15) is 5.56 Å². The van der Waals surface area contributed by atoms with Crippen molar-refractivity contribution in [2.75, 3.05) is 18.5 Å². The molecule has 0 saturated heterocycles. The lowest BCUT2D eigenvalue weighted by molar-refractivity contribution is 0.314. The second-order valence-corrected chi connectivity index (χ2v) is 5.09. The normalized spacial score (nSPS) is 10.3. The first-order valence-corrected chi connectivity index (χ1v) is 6.83. The molecule has 100 valence electrons. The number of benzene rings is 2. The molecule has 0 radical (unpaired) electrons. The van der Waals surface area contributed by atoms with E-state index in [0.717, 1.165) is 10.2 Å². The SMILES string of the molecule is Cc1cccc(OCCNc2cccc(Br)c2)c1F. The standard InChI is InChI=1S/C15H15BrFNO/c1-11-4-2-7-14(15(11)17)19-9-8-18-13-6-3-5-12(16)10-13/h2-7,10,18H,8-9H2,1H3. The van der Waals surface area contributed by atoms with Gasteiger partial charge in [0.2, 0.25) is 0 Å².